The van der Waals surface area contributed by atoms with Crippen LogP contribution in [-0.2, 0) is 0 Å². The molecule has 2 aromatic heterocycles. The van der Waals surface area contributed by atoms with Gasteiger partial charge in [0, 0.05) is 30.2 Å². The molecule has 0 unspecified atom stereocenters. The molecule has 0 N–H and O–H groups in total. The molecule has 2 heterocycles. The van der Waals surface area contributed by atoms with Gasteiger partial charge in [0.05, 0.1) is 11.3 Å². The van der Waals surface area contributed by atoms with Crippen LogP contribution in [0.25, 0.3) is 16.9 Å². The van der Waals surface area contributed by atoms with Crippen LogP contribution in [0.4, 0.5) is 8.78 Å². The molecule has 0 aliphatic carbocycles. The van der Waals surface area contributed by atoms with Crippen LogP contribution < -0.4 is 0 Å². The smallest absolute Gasteiger partial charge is 0.153 e. The number of aromatic nitrogens is 3. The van der Waals surface area contributed by atoms with Crippen molar-refractivity contribution in [2.45, 2.75) is 0 Å². The maximum absolute atomic E-state index is 13.8. The minimum Gasteiger partial charge on any atom is -0.298 e. The molecular weight excluding hydrogens is 276 g/mol. The van der Waals surface area contributed by atoms with Crippen molar-refractivity contribution in [3.63, 3.8) is 0 Å². The number of halogens is 2. The molecule has 0 spiro atoms. The van der Waals surface area contributed by atoms with Crippen molar-refractivity contribution in [2.24, 2.45) is 0 Å². The maximum Gasteiger partial charge on any atom is 0.153 e. The van der Waals surface area contributed by atoms with Crippen molar-refractivity contribution in [1.82, 2.24) is 14.8 Å². The van der Waals surface area contributed by atoms with Crippen LogP contribution in [0.15, 0.2) is 48.9 Å². The van der Waals surface area contributed by atoms with Crippen LogP contribution >= 0.6 is 0 Å². The Morgan fingerprint density at radius 3 is 2.52 bits per heavy atom. The minimum absolute atomic E-state index is 0.0753. The Kier molecular flexibility index (Phi) is 3.27. The van der Waals surface area contributed by atoms with Crippen LogP contribution in [-0.4, -0.2) is 21.1 Å². The van der Waals surface area contributed by atoms with Gasteiger partial charge in [0.2, 0.25) is 0 Å². The summed E-state index contributed by atoms with van der Waals surface area (Å²) >= 11 is 0. The van der Waals surface area contributed by atoms with E-state index in [1.807, 2.05) is 0 Å². The molecule has 0 aliphatic heterocycles. The lowest BCUT2D eigenvalue weighted by atomic mass is 10.1. The monoisotopic (exact) mass is 285 g/mol. The van der Waals surface area contributed by atoms with Crippen LogP contribution in [0.3, 0.4) is 0 Å². The molecule has 21 heavy (non-hydrogen) atoms. The molecule has 6 heteroatoms. The van der Waals surface area contributed by atoms with Gasteiger partial charge in [-0.3, -0.25) is 9.78 Å². The zero-order chi connectivity index (χ0) is 14.8. The summed E-state index contributed by atoms with van der Waals surface area (Å²) in [5, 5.41) is 4.21. The van der Waals surface area contributed by atoms with Gasteiger partial charge in [0.1, 0.15) is 17.3 Å². The number of carbonyl (C=O) groups is 1. The van der Waals surface area contributed by atoms with E-state index >= 15 is 0 Å². The third-order valence-electron chi connectivity index (χ3n) is 2.98. The molecule has 0 radical (unpaired) electrons. The Morgan fingerprint density at radius 1 is 1.10 bits per heavy atom. The summed E-state index contributed by atoms with van der Waals surface area (Å²) in [5.74, 6) is -1.45. The van der Waals surface area contributed by atoms with E-state index in [1.54, 1.807) is 24.5 Å². The second kappa shape index (κ2) is 5.24. The van der Waals surface area contributed by atoms with Crippen molar-refractivity contribution in [3.8, 4) is 16.9 Å². The van der Waals surface area contributed by atoms with E-state index in [9.17, 15) is 13.6 Å². The predicted octanol–water partition coefficient (Wildman–Crippen LogP) is 3.03. The number of pyridine rings is 1. The molecular formula is C15H9F2N3O. The zero-order valence-electron chi connectivity index (χ0n) is 10.7. The van der Waals surface area contributed by atoms with Gasteiger partial charge in [0.25, 0.3) is 0 Å². The average Bonchev–Trinajstić information content (AvgIpc) is 2.92. The average molecular weight is 285 g/mol. The molecule has 0 saturated heterocycles. The lowest BCUT2D eigenvalue weighted by molar-refractivity contribution is 0.112. The number of benzene rings is 1. The predicted molar refractivity (Wildman–Crippen MR) is 72.1 cm³/mol. The van der Waals surface area contributed by atoms with Gasteiger partial charge in [-0.25, -0.2) is 13.5 Å². The molecule has 0 bridgehead atoms. The first-order chi connectivity index (χ1) is 10.2. The summed E-state index contributed by atoms with van der Waals surface area (Å²) in [5.41, 5.74) is 1.14. The highest BCUT2D eigenvalue weighted by Crippen LogP contribution is 2.25. The highest BCUT2D eigenvalue weighted by Gasteiger charge is 2.15. The van der Waals surface area contributed by atoms with E-state index in [4.69, 9.17) is 0 Å². The molecule has 0 atom stereocenters. The first-order valence-corrected chi connectivity index (χ1v) is 6.09. The van der Waals surface area contributed by atoms with Gasteiger partial charge >= 0.3 is 0 Å². The Bertz CT molecular complexity index is 800. The zero-order valence-corrected chi connectivity index (χ0v) is 10.7. The van der Waals surface area contributed by atoms with Gasteiger partial charge in [-0.05, 0) is 24.3 Å². The maximum atomic E-state index is 13.8. The topological polar surface area (TPSA) is 47.8 Å². The molecule has 0 fully saturated rings. The van der Waals surface area contributed by atoms with Crippen molar-refractivity contribution in [3.05, 3.63) is 66.1 Å². The second-order valence-corrected chi connectivity index (χ2v) is 4.33. The SMILES string of the molecule is O=Cc1cn(-c2ccncc2)nc1-c1ccc(F)cc1F. The second-order valence-electron chi connectivity index (χ2n) is 4.33. The van der Waals surface area contributed by atoms with Crippen LogP contribution in [0.2, 0.25) is 0 Å². The van der Waals surface area contributed by atoms with Crippen molar-refractivity contribution in [1.29, 1.82) is 0 Å². The Balaban J connectivity index is 2.15. The lowest BCUT2D eigenvalue weighted by Gasteiger charge is -2.01. The fraction of sp³-hybridized carbons (Fsp3) is 0. The third-order valence-corrected chi connectivity index (χ3v) is 2.98. The largest absolute Gasteiger partial charge is 0.298 e. The molecule has 0 aliphatic rings. The van der Waals surface area contributed by atoms with Crippen LogP contribution in [0, 0.1) is 11.6 Å². The lowest BCUT2D eigenvalue weighted by Crippen LogP contribution is -1.95. The van der Waals surface area contributed by atoms with Gasteiger partial charge < -0.3 is 0 Å². The van der Waals surface area contributed by atoms with E-state index in [2.05, 4.69) is 10.1 Å². The fourth-order valence-corrected chi connectivity index (χ4v) is 1.99. The number of nitrogens with zero attached hydrogens (tertiary/aromatic N) is 3. The van der Waals surface area contributed by atoms with Crippen LogP contribution in [0.5, 0.6) is 0 Å². The van der Waals surface area contributed by atoms with Gasteiger partial charge in [-0.2, -0.15) is 5.10 Å². The van der Waals surface area contributed by atoms with Crippen molar-refractivity contribution >= 4 is 6.29 Å². The molecule has 3 aromatic rings. The van der Waals surface area contributed by atoms with E-state index in [1.165, 1.54) is 16.9 Å². The summed E-state index contributed by atoms with van der Waals surface area (Å²) in [6, 6.07) is 6.55. The molecule has 104 valence electrons. The minimum atomic E-state index is -0.766. The van der Waals surface area contributed by atoms with E-state index in [0.29, 0.717) is 12.0 Å². The summed E-state index contributed by atoms with van der Waals surface area (Å²) in [6.07, 6.45) is 5.23. The highest BCUT2D eigenvalue weighted by molar-refractivity contribution is 5.85. The number of hydrogen-bond donors (Lipinski definition) is 0. The van der Waals surface area contributed by atoms with Crippen LogP contribution in [0.1, 0.15) is 10.4 Å². The van der Waals surface area contributed by atoms with E-state index < -0.39 is 11.6 Å². The van der Waals surface area contributed by atoms with E-state index in [-0.39, 0.29) is 16.8 Å². The molecule has 0 amide bonds. The van der Waals surface area contributed by atoms with Gasteiger partial charge in [-0.15, -0.1) is 0 Å². The highest BCUT2D eigenvalue weighted by atomic mass is 19.1. The number of hydrogen-bond acceptors (Lipinski definition) is 3. The summed E-state index contributed by atoms with van der Waals surface area (Å²) in [4.78, 5) is 15.1. The third kappa shape index (κ3) is 2.43. The summed E-state index contributed by atoms with van der Waals surface area (Å²) in [6.45, 7) is 0. The fourth-order valence-electron chi connectivity index (χ4n) is 1.99. The van der Waals surface area contributed by atoms with E-state index in [0.717, 1.165) is 12.1 Å². The van der Waals surface area contributed by atoms with Crippen molar-refractivity contribution in [2.75, 3.05) is 0 Å². The Labute approximate surface area is 118 Å². The number of aldehydes is 1. The number of carbonyl (C=O) groups excluding carboxylic acids is 1. The van der Waals surface area contributed by atoms with Crippen molar-refractivity contribution < 1.29 is 13.6 Å². The van der Waals surface area contributed by atoms with Gasteiger partial charge in [-0.1, -0.05) is 0 Å². The number of rotatable bonds is 3. The molecule has 3 rings (SSSR count). The normalized spacial score (nSPS) is 10.6. The Hall–Kier alpha value is -2.89. The summed E-state index contributed by atoms with van der Waals surface area (Å²) < 4.78 is 28.3. The standard InChI is InChI=1S/C15H9F2N3O/c16-11-1-2-13(14(17)7-11)15-10(9-21)8-20(19-15)12-3-5-18-6-4-12/h1-9H. The molecule has 4 nitrogen and oxygen atoms in total. The Morgan fingerprint density at radius 2 is 1.86 bits per heavy atom. The first-order valence-electron chi connectivity index (χ1n) is 6.09. The summed E-state index contributed by atoms with van der Waals surface area (Å²) in [7, 11) is 0. The van der Waals surface area contributed by atoms with Gasteiger partial charge in [0.15, 0.2) is 6.29 Å². The first kappa shape index (κ1) is 13.1. The quantitative estimate of drug-likeness (QED) is 0.695. The molecule has 0 saturated carbocycles. The molecule has 1 aromatic carbocycles.